The van der Waals surface area contributed by atoms with E-state index in [2.05, 4.69) is 55.5 Å². The molecule has 2 rings (SSSR count). The molecule has 2 nitrogen and oxygen atoms in total. The molecule has 0 amide bonds. The van der Waals surface area contributed by atoms with E-state index >= 15 is 0 Å². The van der Waals surface area contributed by atoms with E-state index in [1.807, 2.05) is 12.1 Å². The van der Waals surface area contributed by atoms with Gasteiger partial charge in [0.2, 0.25) is 0 Å². The van der Waals surface area contributed by atoms with Gasteiger partial charge in [-0.1, -0.05) is 67.6 Å². The molecular formula is C20H26NO. The topological polar surface area (TPSA) is 46.2 Å². The van der Waals surface area contributed by atoms with Crippen molar-refractivity contribution in [2.45, 2.75) is 31.6 Å². The van der Waals surface area contributed by atoms with Gasteiger partial charge in [0.15, 0.2) is 0 Å². The molecule has 0 bridgehead atoms. The van der Waals surface area contributed by atoms with Crippen molar-refractivity contribution in [2.24, 2.45) is 5.73 Å². The van der Waals surface area contributed by atoms with Crippen LogP contribution in [0.2, 0.25) is 0 Å². The van der Waals surface area contributed by atoms with Crippen LogP contribution in [0, 0.1) is 5.92 Å². The zero-order valence-corrected chi connectivity index (χ0v) is 13.3. The molecule has 0 aromatic heterocycles. The molecule has 1 atom stereocenters. The second kappa shape index (κ2) is 8.11. The molecule has 0 aliphatic carbocycles. The van der Waals surface area contributed by atoms with Crippen molar-refractivity contribution in [3.05, 3.63) is 77.7 Å². The summed E-state index contributed by atoms with van der Waals surface area (Å²) in [7, 11) is 0. The molecular weight excluding hydrogens is 270 g/mol. The molecule has 117 valence electrons. The molecule has 3 N–H and O–H groups in total. The minimum absolute atomic E-state index is 0.106. The quantitative estimate of drug-likeness (QED) is 0.783. The number of hydrogen-bond acceptors (Lipinski definition) is 2. The molecule has 1 unspecified atom stereocenters. The van der Waals surface area contributed by atoms with Gasteiger partial charge in [-0.25, -0.2) is 0 Å². The van der Waals surface area contributed by atoms with Crippen LogP contribution in [0.5, 0.6) is 0 Å². The van der Waals surface area contributed by atoms with Crippen molar-refractivity contribution < 1.29 is 5.11 Å². The highest BCUT2D eigenvalue weighted by molar-refractivity contribution is 5.35. The summed E-state index contributed by atoms with van der Waals surface area (Å²) < 4.78 is 0. The first kappa shape index (κ1) is 16.7. The third-order valence-corrected chi connectivity index (χ3v) is 4.45. The van der Waals surface area contributed by atoms with E-state index in [0.717, 1.165) is 12.8 Å². The average Bonchev–Trinajstić information content (AvgIpc) is 2.56. The van der Waals surface area contributed by atoms with Gasteiger partial charge in [0, 0.05) is 12.0 Å². The Morgan fingerprint density at radius 2 is 1.55 bits per heavy atom. The Morgan fingerprint density at radius 3 is 2.09 bits per heavy atom. The predicted molar refractivity (Wildman–Crippen MR) is 92.6 cm³/mol. The van der Waals surface area contributed by atoms with E-state index in [1.54, 1.807) is 0 Å². The number of hydrogen-bond donors (Lipinski definition) is 2. The highest BCUT2D eigenvalue weighted by Gasteiger charge is 2.35. The van der Waals surface area contributed by atoms with Crippen molar-refractivity contribution >= 4 is 0 Å². The van der Waals surface area contributed by atoms with Crippen molar-refractivity contribution in [3.63, 3.8) is 0 Å². The standard InChI is InChI=1S/C20H26NO/c1-20(18-10-6-3-7-11-18,19(12-14-21)13-15-22)16-17-8-4-2-5-9-17/h2-11,22H,12-16,21H2,1H3. The summed E-state index contributed by atoms with van der Waals surface area (Å²) in [5, 5.41) is 9.48. The van der Waals surface area contributed by atoms with Gasteiger partial charge >= 0.3 is 0 Å². The molecule has 0 aliphatic rings. The highest BCUT2D eigenvalue weighted by Crippen LogP contribution is 2.40. The van der Waals surface area contributed by atoms with Gasteiger partial charge < -0.3 is 10.8 Å². The van der Waals surface area contributed by atoms with Gasteiger partial charge in [-0.15, -0.1) is 0 Å². The Balaban J connectivity index is 2.38. The lowest BCUT2D eigenvalue weighted by Gasteiger charge is -2.38. The van der Waals surface area contributed by atoms with Crippen molar-refractivity contribution in [1.82, 2.24) is 0 Å². The van der Waals surface area contributed by atoms with Gasteiger partial charge in [-0.05, 0) is 42.9 Å². The molecule has 2 aromatic rings. The van der Waals surface area contributed by atoms with Gasteiger partial charge in [0.05, 0.1) is 0 Å². The first-order valence-electron chi connectivity index (χ1n) is 7.96. The fourth-order valence-corrected chi connectivity index (χ4v) is 3.23. The Labute approximate surface area is 134 Å². The molecule has 0 saturated carbocycles. The van der Waals surface area contributed by atoms with Crippen LogP contribution in [-0.2, 0) is 11.8 Å². The molecule has 22 heavy (non-hydrogen) atoms. The van der Waals surface area contributed by atoms with Crippen LogP contribution < -0.4 is 5.73 Å². The lowest BCUT2D eigenvalue weighted by Crippen LogP contribution is -2.35. The molecule has 0 fully saturated rings. The summed E-state index contributed by atoms with van der Waals surface area (Å²) in [4.78, 5) is 0. The number of aliphatic hydroxyl groups is 1. The maximum Gasteiger partial charge on any atom is 0.0436 e. The Kier molecular flexibility index (Phi) is 6.17. The summed E-state index contributed by atoms with van der Waals surface area (Å²) in [5.74, 6) is 1.33. The first-order chi connectivity index (χ1) is 10.7. The van der Waals surface area contributed by atoms with Crippen molar-refractivity contribution in [2.75, 3.05) is 13.2 Å². The molecule has 0 heterocycles. The lowest BCUT2D eigenvalue weighted by atomic mass is 9.66. The zero-order chi connectivity index (χ0) is 15.8. The number of aliphatic hydroxyl groups excluding tert-OH is 1. The van der Waals surface area contributed by atoms with Crippen molar-refractivity contribution in [3.8, 4) is 0 Å². The SMILES string of the molecule is CC(Cc1ccccc1)([C](CCN)CCO)c1ccccc1. The van der Waals surface area contributed by atoms with Crippen LogP contribution in [0.25, 0.3) is 0 Å². The van der Waals surface area contributed by atoms with Crippen LogP contribution in [0.4, 0.5) is 0 Å². The minimum atomic E-state index is -0.106. The number of nitrogens with two attached hydrogens (primary N) is 1. The second-order valence-corrected chi connectivity index (χ2v) is 5.98. The molecule has 1 radical (unpaired) electrons. The normalized spacial score (nSPS) is 14.0. The van der Waals surface area contributed by atoms with Crippen LogP contribution >= 0.6 is 0 Å². The first-order valence-corrected chi connectivity index (χ1v) is 7.96. The number of rotatable bonds is 8. The van der Waals surface area contributed by atoms with E-state index in [1.165, 1.54) is 17.0 Å². The molecule has 0 saturated heterocycles. The molecule has 2 aromatic carbocycles. The third-order valence-electron chi connectivity index (χ3n) is 4.45. The van der Waals surface area contributed by atoms with E-state index in [4.69, 9.17) is 5.73 Å². The Bertz CT molecular complexity index is 534. The second-order valence-electron chi connectivity index (χ2n) is 5.98. The summed E-state index contributed by atoms with van der Waals surface area (Å²) in [6.07, 6.45) is 2.47. The average molecular weight is 296 g/mol. The van der Waals surface area contributed by atoms with Crippen LogP contribution in [-0.4, -0.2) is 18.3 Å². The Hall–Kier alpha value is -1.64. The minimum Gasteiger partial charge on any atom is -0.396 e. The van der Waals surface area contributed by atoms with Crippen LogP contribution in [0.3, 0.4) is 0 Å². The van der Waals surface area contributed by atoms with Crippen molar-refractivity contribution in [1.29, 1.82) is 0 Å². The van der Waals surface area contributed by atoms with Gasteiger partial charge in [-0.3, -0.25) is 0 Å². The van der Waals surface area contributed by atoms with E-state index in [0.29, 0.717) is 13.0 Å². The van der Waals surface area contributed by atoms with Crippen LogP contribution in [0.15, 0.2) is 60.7 Å². The molecule has 0 spiro atoms. The third kappa shape index (κ3) is 3.96. The zero-order valence-electron chi connectivity index (χ0n) is 13.3. The van der Waals surface area contributed by atoms with Gasteiger partial charge in [-0.2, -0.15) is 0 Å². The van der Waals surface area contributed by atoms with E-state index in [-0.39, 0.29) is 12.0 Å². The maximum atomic E-state index is 9.48. The lowest BCUT2D eigenvalue weighted by molar-refractivity contribution is 0.272. The fraction of sp³-hybridized carbons (Fsp3) is 0.350. The van der Waals surface area contributed by atoms with Gasteiger partial charge in [0.1, 0.15) is 0 Å². The number of benzene rings is 2. The predicted octanol–water partition coefficient (Wildman–Crippen LogP) is 3.49. The maximum absolute atomic E-state index is 9.48. The smallest absolute Gasteiger partial charge is 0.0436 e. The fourth-order valence-electron chi connectivity index (χ4n) is 3.23. The van der Waals surface area contributed by atoms with Crippen LogP contribution in [0.1, 0.15) is 30.9 Å². The summed E-state index contributed by atoms with van der Waals surface area (Å²) in [5.41, 5.74) is 8.31. The van der Waals surface area contributed by atoms with E-state index < -0.39 is 0 Å². The summed E-state index contributed by atoms with van der Waals surface area (Å²) >= 11 is 0. The van der Waals surface area contributed by atoms with Gasteiger partial charge in [0.25, 0.3) is 0 Å². The Morgan fingerprint density at radius 1 is 0.955 bits per heavy atom. The molecule has 0 aliphatic heterocycles. The molecule has 2 heteroatoms. The summed E-state index contributed by atoms with van der Waals surface area (Å²) in [6, 6.07) is 21.1. The monoisotopic (exact) mass is 296 g/mol. The largest absolute Gasteiger partial charge is 0.396 e. The summed E-state index contributed by atoms with van der Waals surface area (Å²) in [6.45, 7) is 3.06. The van der Waals surface area contributed by atoms with E-state index in [9.17, 15) is 5.11 Å². The highest BCUT2D eigenvalue weighted by atomic mass is 16.3.